The highest BCUT2D eigenvalue weighted by Gasteiger charge is 2.55. The molecule has 0 bridgehead atoms. The fourth-order valence-electron chi connectivity index (χ4n) is 10.6. The first kappa shape index (κ1) is 42.6. The van der Waals surface area contributed by atoms with Crippen LogP contribution in [0.25, 0.3) is 10.8 Å². The third-order valence-electron chi connectivity index (χ3n) is 13.5. The second-order valence-electron chi connectivity index (χ2n) is 16.9. The molecule has 2 aliphatic rings. The molecule has 5 aromatic carbocycles. The monoisotopic (exact) mass is 836 g/mol. The summed E-state index contributed by atoms with van der Waals surface area (Å²) < 4.78 is 11.5. The van der Waals surface area contributed by atoms with Crippen LogP contribution in [0.3, 0.4) is 0 Å². The van der Waals surface area contributed by atoms with E-state index in [0.29, 0.717) is 29.8 Å². The van der Waals surface area contributed by atoms with Gasteiger partial charge in [-0.05, 0) is 131 Å². The standard InChI is InChI=1S/C52H56N2O8/c1-5-33-11-12-34-8-6-7-9-37(34)47(33)40-14-13-38(39-15-18-44(57)50(62-4)48(39)40)42(24-31-20-21-54-29-31)49(59)41-16-19-46(58)52(51(41)60,27-30-10-17-43(56)45(25-30)61-3)35-22-32(28-53-2)23-36(55)26-35/h6-15,17-18,20-23,25-26,29,38,40-42,46,49,53-59H,5,16,19,24,27-28H2,1-4H3. The first-order valence-corrected chi connectivity index (χ1v) is 21.5. The molecule has 1 fully saturated rings. The summed E-state index contributed by atoms with van der Waals surface area (Å²) in [4.78, 5) is 18.9. The molecule has 6 aromatic rings. The van der Waals surface area contributed by atoms with Crippen LogP contribution in [0.4, 0.5) is 0 Å². The number of aryl methyl sites for hydroxylation is 1. The maximum Gasteiger partial charge on any atom is 0.164 e. The van der Waals surface area contributed by atoms with Gasteiger partial charge in [-0.1, -0.05) is 73.7 Å². The number of aromatic nitrogens is 1. The summed E-state index contributed by atoms with van der Waals surface area (Å²) in [5, 5.41) is 63.6. The number of hydrogen-bond acceptors (Lipinski definition) is 9. The highest BCUT2D eigenvalue weighted by Crippen LogP contribution is 2.53. The van der Waals surface area contributed by atoms with Crippen molar-refractivity contribution in [2.75, 3.05) is 21.3 Å². The summed E-state index contributed by atoms with van der Waals surface area (Å²) in [5.41, 5.74) is 5.18. The number of aromatic amines is 1. The number of Topliss-reactive ketones (excluding diaryl/α,β-unsaturated/α-hetero) is 1. The molecule has 10 nitrogen and oxygen atoms in total. The number of ketones is 1. The molecule has 1 aromatic heterocycles. The number of methoxy groups -OCH3 is 2. The molecule has 1 heterocycles. The minimum atomic E-state index is -1.59. The molecule has 0 radical (unpaired) electrons. The fourth-order valence-corrected chi connectivity index (χ4v) is 10.6. The second-order valence-corrected chi connectivity index (χ2v) is 16.9. The molecule has 2 aliphatic carbocycles. The Bertz CT molecular complexity index is 2600. The lowest BCUT2D eigenvalue weighted by Crippen LogP contribution is -2.57. The zero-order valence-corrected chi connectivity index (χ0v) is 35.6. The number of rotatable bonds is 14. The van der Waals surface area contributed by atoms with Crippen LogP contribution in [0.1, 0.15) is 76.1 Å². The summed E-state index contributed by atoms with van der Waals surface area (Å²) in [6, 6.07) is 28.0. The summed E-state index contributed by atoms with van der Waals surface area (Å²) in [6.45, 7) is 2.55. The highest BCUT2D eigenvalue weighted by molar-refractivity contribution is 5.95. The first-order chi connectivity index (χ1) is 30.0. The molecule has 7 unspecified atom stereocenters. The molecule has 0 amide bonds. The van der Waals surface area contributed by atoms with Crippen molar-refractivity contribution in [2.24, 2.45) is 11.8 Å². The minimum absolute atomic E-state index is 0.0159. The Morgan fingerprint density at radius 2 is 1.66 bits per heavy atom. The lowest BCUT2D eigenvalue weighted by molar-refractivity contribution is -0.144. The number of H-pyrrole nitrogens is 1. The number of nitrogens with one attached hydrogen (secondary N) is 2. The van der Waals surface area contributed by atoms with E-state index in [1.807, 2.05) is 42.7 Å². The molecule has 322 valence electrons. The normalized spacial score (nSPS) is 22.0. The van der Waals surface area contributed by atoms with E-state index < -0.39 is 35.4 Å². The average Bonchev–Trinajstić information content (AvgIpc) is 3.80. The van der Waals surface area contributed by atoms with Crippen LogP contribution < -0.4 is 14.8 Å². The lowest BCUT2D eigenvalue weighted by atomic mass is 9.57. The number of allylic oxidation sites excluding steroid dienone is 2. The van der Waals surface area contributed by atoms with Gasteiger partial charge in [0.1, 0.15) is 5.75 Å². The molecule has 0 saturated heterocycles. The number of benzene rings is 5. The Balaban J connectivity index is 1.27. The number of aromatic hydroxyl groups is 3. The van der Waals surface area contributed by atoms with Crippen LogP contribution in [0.15, 0.2) is 116 Å². The van der Waals surface area contributed by atoms with Gasteiger partial charge >= 0.3 is 0 Å². The van der Waals surface area contributed by atoms with Crippen LogP contribution in [0.2, 0.25) is 0 Å². The van der Waals surface area contributed by atoms with E-state index >= 15 is 4.79 Å². The summed E-state index contributed by atoms with van der Waals surface area (Å²) >= 11 is 0. The molecular formula is C52H56N2O8. The number of phenolic OH excluding ortho intramolecular Hbond substituents is 3. The number of fused-ring (bicyclic) bond motifs is 2. The van der Waals surface area contributed by atoms with Gasteiger partial charge in [-0.15, -0.1) is 0 Å². The Kier molecular flexibility index (Phi) is 12.2. The second kappa shape index (κ2) is 17.7. The fraction of sp³-hybridized carbons (Fsp3) is 0.327. The summed E-state index contributed by atoms with van der Waals surface area (Å²) in [7, 11) is 4.81. The predicted molar refractivity (Wildman–Crippen MR) is 240 cm³/mol. The first-order valence-electron chi connectivity index (χ1n) is 21.5. The minimum Gasteiger partial charge on any atom is -0.508 e. The lowest BCUT2D eigenvalue weighted by Gasteiger charge is -2.47. The molecule has 1 saturated carbocycles. The van der Waals surface area contributed by atoms with Crippen molar-refractivity contribution in [1.82, 2.24) is 10.3 Å². The van der Waals surface area contributed by atoms with E-state index in [1.54, 1.807) is 44.5 Å². The van der Waals surface area contributed by atoms with Crippen LogP contribution in [-0.2, 0) is 36.0 Å². The van der Waals surface area contributed by atoms with E-state index in [4.69, 9.17) is 9.47 Å². The number of hydrogen-bond donors (Lipinski definition) is 7. The van der Waals surface area contributed by atoms with Gasteiger partial charge in [0.15, 0.2) is 28.8 Å². The van der Waals surface area contributed by atoms with Gasteiger partial charge in [0.25, 0.3) is 0 Å². The van der Waals surface area contributed by atoms with Gasteiger partial charge in [-0.3, -0.25) is 4.79 Å². The molecule has 0 spiro atoms. The van der Waals surface area contributed by atoms with Crippen LogP contribution in [0.5, 0.6) is 28.7 Å². The number of phenols is 3. The number of carbonyl (C=O) groups excluding carboxylic acids is 1. The molecule has 8 rings (SSSR count). The van der Waals surface area contributed by atoms with Crippen molar-refractivity contribution in [3.05, 3.63) is 160 Å². The zero-order chi connectivity index (χ0) is 43.7. The number of aliphatic hydroxyl groups excluding tert-OH is 2. The van der Waals surface area contributed by atoms with Crippen molar-refractivity contribution in [1.29, 1.82) is 0 Å². The zero-order valence-electron chi connectivity index (χ0n) is 35.6. The van der Waals surface area contributed by atoms with Crippen LogP contribution in [-0.4, -0.2) is 69.8 Å². The van der Waals surface area contributed by atoms with Crippen molar-refractivity contribution in [3.8, 4) is 28.7 Å². The molecule has 10 heteroatoms. The van der Waals surface area contributed by atoms with E-state index in [0.717, 1.165) is 45.0 Å². The molecule has 7 N–H and O–H groups in total. The summed E-state index contributed by atoms with van der Waals surface area (Å²) in [6.07, 6.45) is 7.37. The van der Waals surface area contributed by atoms with E-state index in [9.17, 15) is 25.5 Å². The van der Waals surface area contributed by atoms with E-state index in [1.165, 1.54) is 18.7 Å². The Morgan fingerprint density at radius 1 is 0.855 bits per heavy atom. The van der Waals surface area contributed by atoms with Crippen molar-refractivity contribution >= 4 is 16.6 Å². The number of carbonyl (C=O) groups is 1. The average molecular weight is 837 g/mol. The molecular weight excluding hydrogens is 781 g/mol. The van der Waals surface area contributed by atoms with Crippen molar-refractivity contribution in [3.63, 3.8) is 0 Å². The maximum atomic E-state index is 15.7. The predicted octanol–water partition coefficient (Wildman–Crippen LogP) is 8.11. The largest absolute Gasteiger partial charge is 0.508 e. The van der Waals surface area contributed by atoms with Gasteiger partial charge < -0.3 is 45.3 Å². The number of ether oxygens (including phenoxy) is 2. The van der Waals surface area contributed by atoms with Gasteiger partial charge in [0.2, 0.25) is 0 Å². The maximum absolute atomic E-state index is 15.7. The Hall–Kier alpha value is -6.07. The van der Waals surface area contributed by atoms with Crippen LogP contribution >= 0.6 is 0 Å². The van der Waals surface area contributed by atoms with E-state index in [2.05, 4.69) is 53.6 Å². The van der Waals surface area contributed by atoms with E-state index in [-0.39, 0.29) is 54.0 Å². The number of aliphatic hydroxyl groups is 2. The quantitative estimate of drug-likeness (QED) is 0.0537. The highest BCUT2D eigenvalue weighted by atomic mass is 16.5. The van der Waals surface area contributed by atoms with Crippen molar-refractivity contribution < 1.29 is 39.8 Å². The molecule has 0 aliphatic heterocycles. The Morgan fingerprint density at radius 3 is 2.40 bits per heavy atom. The van der Waals surface area contributed by atoms with Crippen LogP contribution in [0, 0.1) is 11.8 Å². The van der Waals surface area contributed by atoms with Gasteiger partial charge in [-0.2, -0.15) is 0 Å². The van der Waals surface area contributed by atoms with Gasteiger partial charge in [-0.25, -0.2) is 0 Å². The topological polar surface area (TPSA) is 164 Å². The van der Waals surface area contributed by atoms with Crippen molar-refractivity contribution in [2.45, 2.75) is 75.0 Å². The van der Waals surface area contributed by atoms with Gasteiger partial charge in [0, 0.05) is 42.3 Å². The third kappa shape index (κ3) is 7.61. The SMILES string of the molecule is CCc1ccc2ccccc2c1C1C=CC(C(Cc2cc[nH]c2)C(O)C2CCC(O)C(Cc3ccc(O)c(OC)c3)(c3cc(O)cc(CNC)c3)C2=O)c2ccc(O)c(OC)c21. The smallest absolute Gasteiger partial charge is 0.164 e. The Labute approximate surface area is 362 Å². The third-order valence-corrected chi connectivity index (χ3v) is 13.5. The molecule has 62 heavy (non-hydrogen) atoms. The van der Waals surface area contributed by atoms with Gasteiger partial charge in [0.05, 0.1) is 31.8 Å². The summed E-state index contributed by atoms with van der Waals surface area (Å²) in [5.74, 6) is -2.00. The molecule has 7 atom stereocenters.